The molecule has 134 valence electrons. The summed E-state index contributed by atoms with van der Waals surface area (Å²) in [7, 11) is 5.05. The summed E-state index contributed by atoms with van der Waals surface area (Å²) < 4.78 is 17.4. The van der Waals surface area contributed by atoms with Gasteiger partial charge in [-0.2, -0.15) is 0 Å². The van der Waals surface area contributed by atoms with E-state index in [9.17, 15) is 0 Å². The third-order valence-electron chi connectivity index (χ3n) is 4.57. The van der Waals surface area contributed by atoms with Crippen molar-refractivity contribution >= 4 is 15.9 Å². The Bertz CT molecular complexity index is 731. The Morgan fingerprint density at radius 2 is 1.56 bits per heavy atom. The van der Waals surface area contributed by atoms with Crippen LogP contribution < -0.4 is 14.2 Å². The number of para-hydroxylation sites is 1. The fourth-order valence-corrected chi connectivity index (χ4v) is 3.69. The van der Waals surface area contributed by atoms with Gasteiger partial charge in [0.05, 0.1) is 25.8 Å². The molecule has 1 fully saturated rings. The molecule has 4 nitrogen and oxygen atoms in total. The average molecular weight is 406 g/mol. The zero-order valence-corrected chi connectivity index (χ0v) is 16.5. The predicted octanol–water partition coefficient (Wildman–Crippen LogP) is 4.64. The van der Waals surface area contributed by atoms with E-state index in [1.807, 2.05) is 18.2 Å². The molecule has 0 amide bonds. The highest BCUT2D eigenvalue weighted by atomic mass is 79.9. The largest absolute Gasteiger partial charge is 0.496 e. The van der Waals surface area contributed by atoms with Crippen molar-refractivity contribution in [2.75, 3.05) is 21.3 Å². The van der Waals surface area contributed by atoms with Gasteiger partial charge >= 0.3 is 0 Å². The minimum absolute atomic E-state index is 0.630. The second-order valence-electron chi connectivity index (χ2n) is 6.22. The van der Waals surface area contributed by atoms with Crippen LogP contribution in [0, 0.1) is 0 Å². The molecule has 3 rings (SSSR count). The molecule has 0 saturated heterocycles. The van der Waals surface area contributed by atoms with Gasteiger partial charge in [0, 0.05) is 24.7 Å². The van der Waals surface area contributed by atoms with Crippen LogP contribution in [0.2, 0.25) is 0 Å². The molecule has 0 aromatic heterocycles. The van der Waals surface area contributed by atoms with Crippen molar-refractivity contribution < 1.29 is 14.2 Å². The Morgan fingerprint density at radius 1 is 0.880 bits per heavy atom. The average Bonchev–Trinajstić information content (AvgIpc) is 3.48. The van der Waals surface area contributed by atoms with Crippen LogP contribution in [-0.4, -0.2) is 32.3 Å². The van der Waals surface area contributed by atoms with E-state index in [1.54, 1.807) is 21.3 Å². The first-order valence-corrected chi connectivity index (χ1v) is 9.22. The molecule has 2 aromatic carbocycles. The van der Waals surface area contributed by atoms with E-state index >= 15 is 0 Å². The molecule has 0 unspecified atom stereocenters. The van der Waals surface area contributed by atoms with Crippen LogP contribution in [0.5, 0.6) is 17.2 Å². The summed E-state index contributed by atoms with van der Waals surface area (Å²) in [6.45, 7) is 1.72. The van der Waals surface area contributed by atoms with Crippen LogP contribution >= 0.6 is 15.9 Å². The van der Waals surface area contributed by atoms with E-state index in [0.717, 1.165) is 34.8 Å². The third-order valence-corrected chi connectivity index (χ3v) is 5.44. The van der Waals surface area contributed by atoms with E-state index in [-0.39, 0.29) is 0 Å². The Balaban J connectivity index is 1.83. The zero-order valence-electron chi connectivity index (χ0n) is 14.9. The van der Waals surface area contributed by atoms with Crippen molar-refractivity contribution in [1.82, 2.24) is 4.90 Å². The van der Waals surface area contributed by atoms with Gasteiger partial charge in [-0.1, -0.05) is 24.3 Å². The second-order valence-corrected chi connectivity index (χ2v) is 7.02. The predicted molar refractivity (Wildman–Crippen MR) is 103 cm³/mol. The summed E-state index contributed by atoms with van der Waals surface area (Å²) in [6, 6.07) is 12.9. The van der Waals surface area contributed by atoms with Crippen LogP contribution in [0.4, 0.5) is 0 Å². The topological polar surface area (TPSA) is 30.9 Å². The maximum atomic E-state index is 5.51. The van der Waals surface area contributed by atoms with Crippen molar-refractivity contribution in [2.24, 2.45) is 0 Å². The van der Waals surface area contributed by atoms with Gasteiger partial charge in [-0.05, 0) is 46.5 Å². The number of hydrogen-bond donors (Lipinski definition) is 0. The first kappa shape index (κ1) is 18.1. The molecule has 0 bridgehead atoms. The van der Waals surface area contributed by atoms with Crippen LogP contribution in [0.1, 0.15) is 24.0 Å². The molecule has 0 radical (unpaired) electrons. The highest BCUT2D eigenvalue weighted by molar-refractivity contribution is 9.10. The van der Waals surface area contributed by atoms with Gasteiger partial charge in [-0.3, -0.25) is 4.90 Å². The normalized spacial score (nSPS) is 13.8. The maximum absolute atomic E-state index is 5.51. The van der Waals surface area contributed by atoms with E-state index in [1.165, 1.54) is 24.0 Å². The van der Waals surface area contributed by atoms with Crippen molar-refractivity contribution in [2.45, 2.75) is 32.0 Å². The third kappa shape index (κ3) is 4.10. The quantitative estimate of drug-likeness (QED) is 0.639. The van der Waals surface area contributed by atoms with Gasteiger partial charge < -0.3 is 14.2 Å². The van der Waals surface area contributed by atoms with E-state index < -0.39 is 0 Å². The Kier molecular flexibility index (Phi) is 5.86. The van der Waals surface area contributed by atoms with E-state index in [2.05, 4.69) is 39.0 Å². The summed E-state index contributed by atoms with van der Waals surface area (Å²) >= 11 is 3.69. The van der Waals surface area contributed by atoms with Crippen LogP contribution in [-0.2, 0) is 13.1 Å². The first-order chi connectivity index (χ1) is 12.2. The van der Waals surface area contributed by atoms with Gasteiger partial charge in [0.2, 0.25) is 0 Å². The fraction of sp³-hybridized carbons (Fsp3) is 0.400. The molecule has 0 spiro atoms. The lowest BCUT2D eigenvalue weighted by Gasteiger charge is -2.24. The number of hydrogen-bond acceptors (Lipinski definition) is 4. The SMILES string of the molecule is COc1ccccc1CN(Cc1ccc(OC)c(OC)c1Br)C1CC1. The molecule has 2 aromatic rings. The second kappa shape index (κ2) is 8.11. The summed E-state index contributed by atoms with van der Waals surface area (Å²) in [5, 5.41) is 0. The van der Waals surface area contributed by atoms with Gasteiger partial charge in [-0.15, -0.1) is 0 Å². The molecular weight excluding hydrogens is 382 g/mol. The van der Waals surface area contributed by atoms with Crippen LogP contribution in [0.15, 0.2) is 40.9 Å². The summed E-state index contributed by atoms with van der Waals surface area (Å²) in [6.07, 6.45) is 2.50. The molecule has 0 heterocycles. The van der Waals surface area contributed by atoms with Gasteiger partial charge in [-0.25, -0.2) is 0 Å². The van der Waals surface area contributed by atoms with Crippen molar-refractivity contribution in [3.63, 3.8) is 0 Å². The number of benzene rings is 2. The van der Waals surface area contributed by atoms with Gasteiger partial charge in [0.1, 0.15) is 5.75 Å². The zero-order chi connectivity index (χ0) is 17.8. The monoisotopic (exact) mass is 405 g/mol. The van der Waals surface area contributed by atoms with E-state index in [0.29, 0.717) is 6.04 Å². The molecular formula is C20H24BrNO3. The molecule has 1 saturated carbocycles. The summed E-state index contributed by atoms with van der Waals surface area (Å²) in [4.78, 5) is 2.50. The Morgan fingerprint density at radius 3 is 2.20 bits per heavy atom. The van der Waals surface area contributed by atoms with Crippen LogP contribution in [0.3, 0.4) is 0 Å². The molecule has 0 aliphatic heterocycles. The highest BCUT2D eigenvalue weighted by Crippen LogP contribution is 2.39. The lowest BCUT2D eigenvalue weighted by atomic mass is 10.1. The van der Waals surface area contributed by atoms with Crippen molar-refractivity contribution in [3.8, 4) is 17.2 Å². The molecule has 25 heavy (non-hydrogen) atoms. The maximum Gasteiger partial charge on any atom is 0.175 e. The minimum Gasteiger partial charge on any atom is -0.496 e. The smallest absolute Gasteiger partial charge is 0.175 e. The number of methoxy groups -OCH3 is 3. The number of nitrogens with zero attached hydrogens (tertiary/aromatic N) is 1. The van der Waals surface area contributed by atoms with Gasteiger partial charge in [0.15, 0.2) is 11.5 Å². The number of ether oxygens (including phenoxy) is 3. The van der Waals surface area contributed by atoms with Crippen molar-refractivity contribution in [3.05, 3.63) is 52.0 Å². The highest BCUT2D eigenvalue weighted by Gasteiger charge is 2.30. The Labute approximate surface area is 157 Å². The molecule has 1 aliphatic carbocycles. The van der Waals surface area contributed by atoms with Gasteiger partial charge in [0.25, 0.3) is 0 Å². The standard InChI is InChI=1S/C20H24BrNO3/c1-23-17-7-5-4-6-14(17)12-22(16-9-10-16)13-15-8-11-18(24-2)20(25-3)19(15)21/h4-8,11,16H,9-10,12-13H2,1-3H3. The van der Waals surface area contributed by atoms with E-state index in [4.69, 9.17) is 14.2 Å². The molecule has 0 atom stereocenters. The summed E-state index contributed by atoms with van der Waals surface area (Å²) in [5.74, 6) is 2.42. The fourth-order valence-electron chi connectivity index (χ4n) is 3.08. The molecule has 5 heteroatoms. The van der Waals surface area contributed by atoms with Crippen LogP contribution in [0.25, 0.3) is 0 Å². The van der Waals surface area contributed by atoms with Crippen molar-refractivity contribution in [1.29, 1.82) is 0 Å². The summed E-state index contributed by atoms with van der Waals surface area (Å²) in [5.41, 5.74) is 2.41. The molecule has 1 aliphatic rings. The number of halogens is 1. The lowest BCUT2D eigenvalue weighted by Crippen LogP contribution is -2.25. The lowest BCUT2D eigenvalue weighted by molar-refractivity contribution is 0.240. The first-order valence-electron chi connectivity index (χ1n) is 8.43. The minimum atomic E-state index is 0.630. The number of rotatable bonds is 8. The molecule has 0 N–H and O–H groups in total. The Hall–Kier alpha value is -1.72.